The number of hydrogen-bond acceptors (Lipinski definition) is 3. The van der Waals surface area contributed by atoms with E-state index in [0.29, 0.717) is 21.7 Å². The first-order chi connectivity index (χ1) is 8.88. The van der Waals surface area contributed by atoms with Crippen LogP contribution in [0.3, 0.4) is 0 Å². The monoisotopic (exact) mass is 323 g/mol. The van der Waals surface area contributed by atoms with Crippen LogP contribution in [0, 0.1) is 12.7 Å². The molecule has 0 aliphatic carbocycles. The smallest absolute Gasteiger partial charge is 0.161 e. The summed E-state index contributed by atoms with van der Waals surface area (Å²) in [4.78, 5) is 8.70. The number of nitrogen functional groups attached to an aromatic ring is 1. The summed E-state index contributed by atoms with van der Waals surface area (Å²) in [5.41, 5.74) is 8.17. The molecule has 0 aliphatic heterocycles. The summed E-state index contributed by atoms with van der Waals surface area (Å²) < 4.78 is 14.2. The van der Waals surface area contributed by atoms with Gasteiger partial charge in [-0.25, -0.2) is 14.4 Å². The van der Waals surface area contributed by atoms with E-state index in [1.807, 2.05) is 26.8 Å². The van der Waals surface area contributed by atoms with Gasteiger partial charge in [0, 0.05) is 5.56 Å². The van der Waals surface area contributed by atoms with Crippen LogP contribution in [0.25, 0.3) is 11.4 Å². The normalized spacial score (nSPS) is 11.1. The molecule has 0 amide bonds. The molecular formula is C14H15BrFN3. The van der Waals surface area contributed by atoms with Crippen LogP contribution >= 0.6 is 15.9 Å². The summed E-state index contributed by atoms with van der Waals surface area (Å²) in [7, 11) is 0. The lowest BCUT2D eigenvalue weighted by Crippen LogP contribution is -2.04. The van der Waals surface area contributed by atoms with Crippen LogP contribution in [0.2, 0.25) is 0 Å². The molecule has 0 saturated carbocycles. The second-order valence-electron chi connectivity index (χ2n) is 4.80. The lowest BCUT2D eigenvalue weighted by Gasteiger charge is -2.12. The SMILES string of the molecule is Cc1cc(F)cc(-c2nc(N)c(Br)c(C(C)C)n2)c1. The number of benzene rings is 1. The van der Waals surface area contributed by atoms with Crippen LogP contribution in [0.15, 0.2) is 22.7 Å². The molecule has 2 aromatic rings. The molecule has 0 spiro atoms. The molecule has 0 bridgehead atoms. The van der Waals surface area contributed by atoms with Crippen molar-refractivity contribution < 1.29 is 4.39 Å². The number of hydrogen-bond donors (Lipinski definition) is 1. The second-order valence-corrected chi connectivity index (χ2v) is 5.60. The third kappa shape index (κ3) is 2.92. The van der Waals surface area contributed by atoms with E-state index < -0.39 is 0 Å². The van der Waals surface area contributed by atoms with Crippen molar-refractivity contribution in [3.05, 3.63) is 39.7 Å². The molecule has 19 heavy (non-hydrogen) atoms. The van der Waals surface area contributed by atoms with Gasteiger partial charge in [0.1, 0.15) is 11.6 Å². The molecule has 0 atom stereocenters. The van der Waals surface area contributed by atoms with Gasteiger partial charge in [-0.3, -0.25) is 0 Å². The fourth-order valence-electron chi connectivity index (χ4n) is 1.86. The van der Waals surface area contributed by atoms with Gasteiger partial charge < -0.3 is 5.73 Å². The van der Waals surface area contributed by atoms with Crippen molar-refractivity contribution in [2.24, 2.45) is 0 Å². The van der Waals surface area contributed by atoms with Crippen LogP contribution < -0.4 is 5.73 Å². The zero-order valence-corrected chi connectivity index (χ0v) is 12.6. The van der Waals surface area contributed by atoms with Crippen molar-refractivity contribution in [3.8, 4) is 11.4 Å². The Bertz CT molecular complexity index is 606. The summed E-state index contributed by atoms with van der Waals surface area (Å²) in [5, 5.41) is 0. The first kappa shape index (κ1) is 13.9. The number of aryl methyl sites for hydroxylation is 1. The Morgan fingerprint density at radius 2 is 1.89 bits per heavy atom. The molecule has 2 N–H and O–H groups in total. The standard InChI is InChI=1S/C14H15BrFN3/c1-7(2)12-11(15)13(17)19-14(18-12)9-4-8(3)5-10(16)6-9/h4-7H,1-3H3,(H2,17,18,19). The summed E-state index contributed by atoms with van der Waals surface area (Å²) in [5.74, 6) is 0.724. The Morgan fingerprint density at radius 1 is 1.21 bits per heavy atom. The van der Waals surface area contributed by atoms with E-state index in [0.717, 1.165) is 11.3 Å². The third-order valence-electron chi connectivity index (χ3n) is 2.75. The highest BCUT2D eigenvalue weighted by atomic mass is 79.9. The molecule has 2 rings (SSSR count). The quantitative estimate of drug-likeness (QED) is 0.906. The fourth-order valence-corrected chi connectivity index (χ4v) is 2.49. The minimum Gasteiger partial charge on any atom is -0.383 e. The Labute approximate surface area is 120 Å². The van der Waals surface area contributed by atoms with Crippen molar-refractivity contribution in [2.45, 2.75) is 26.7 Å². The summed E-state index contributed by atoms with van der Waals surface area (Å²) in [6.45, 7) is 5.87. The minimum absolute atomic E-state index is 0.202. The van der Waals surface area contributed by atoms with Gasteiger partial charge >= 0.3 is 0 Å². The second kappa shape index (κ2) is 5.25. The Balaban J connectivity index is 2.62. The predicted octanol–water partition coefficient (Wildman–Crippen LogP) is 4.06. The summed E-state index contributed by atoms with van der Waals surface area (Å²) in [6, 6.07) is 4.73. The number of nitrogens with two attached hydrogens (primary N) is 1. The highest BCUT2D eigenvalue weighted by Crippen LogP contribution is 2.30. The zero-order valence-electron chi connectivity index (χ0n) is 11.0. The predicted molar refractivity (Wildman–Crippen MR) is 78.4 cm³/mol. The van der Waals surface area contributed by atoms with E-state index in [2.05, 4.69) is 25.9 Å². The van der Waals surface area contributed by atoms with Crippen LogP contribution in [0.4, 0.5) is 10.2 Å². The molecule has 3 nitrogen and oxygen atoms in total. The van der Waals surface area contributed by atoms with Crippen molar-refractivity contribution in [1.82, 2.24) is 9.97 Å². The van der Waals surface area contributed by atoms with E-state index in [1.54, 1.807) is 0 Å². The maximum atomic E-state index is 13.5. The number of anilines is 1. The largest absolute Gasteiger partial charge is 0.383 e. The van der Waals surface area contributed by atoms with Gasteiger partial charge in [-0.2, -0.15) is 0 Å². The Hall–Kier alpha value is -1.49. The minimum atomic E-state index is -0.300. The van der Waals surface area contributed by atoms with Crippen molar-refractivity contribution in [2.75, 3.05) is 5.73 Å². The Morgan fingerprint density at radius 3 is 2.47 bits per heavy atom. The van der Waals surface area contributed by atoms with Gasteiger partial charge in [0.05, 0.1) is 10.2 Å². The van der Waals surface area contributed by atoms with Gasteiger partial charge in [0.15, 0.2) is 5.82 Å². The Kier molecular flexibility index (Phi) is 3.85. The van der Waals surface area contributed by atoms with Crippen molar-refractivity contribution >= 4 is 21.7 Å². The van der Waals surface area contributed by atoms with E-state index in [4.69, 9.17) is 5.73 Å². The maximum absolute atomic E-state index is 13.5. The fraction of sp³-hybridized carbons (Fsp3) is 0.286. The molecule has 1 aromatic carbocycles. The van der Waals surface area contributed by atoms with Gasteiger partial charge in [-0.1, -0.05) is 13.8 Å². The number of rotatable bonds is 2. The van der Waals surface area contributed by atoms with Crippen LogP contribution in [0.5, 0.6) is 0 Å². The first-order valence-corrected chi connectivity index (χ1v) is 6.78. The lowest BCUT2D eigenvalue weighted by molar-refractivity contribution is 0.627. The summed E-state index contributed by atoms with van der Waals surface area (Å²) >= 11 is 3.39. The zero-order chi connectivity index (χ0) is 14.2. The highest BCUT2D eigenvalue weighted by Gasteiger charge is 2.14. The van der Waals surface area contributed by atoms with E-state index in [1.165, 1.54) is 12.1 Å². The molecule has 0 fully saturated rings. The molecule has 5 heteroatoms. The van der Waals surface area contributed by atoms with E-state index in [9.17, 15) is 4.39 Å². The number of halogens is 2. The molecule has 0 radical (unpaired) electrons. The molecular weight excluding hydrogens is 309 g/mol. The molecule has 1 aromatic heterocycles. The van der Waals surface area contributed by atoms with E-state index >= 15 is 0 Å². The van der Waals surface area contributed by atoms with Crippen molar-refractivity contribution in [1.29, 1.82) is 0 Å². The molecule has 0 aliphatic rings. The number of nitrogens with zero attached hydrogens (tertiary/aromatic N) is 2. The average molecular weight is 324 g/mol. The first-order valence-electron chi connectivity index (χ1n) is 5.99. The molecule has 0 saturated heterocycles. The van der Waals surface area contributed by atoms with Crippen LogP contribution in [0.1, 0.15) is 31.0 Å². The third-order valence-corrected chi connectivity index (χ3v) is 3.56. The lowest BCUT2D eigenvalue weighted by atomic mass is 10.1. The van der Waals surface area contributed by atoms with Crippen LogP contribution in [-0.2, 0) is 0 Å². The average Bonchev–Trinajstić information content (AvgIpc) is 2.30. The van der Waals surface area contributed by atoms with Crippen LogP contribution in [-0.4, -0.2) is 9.97 Å². The maximum Gasteiger partial charge on any atom is 0.161 e. The molecule has 1 heterocycles. The summed E-state index contributed by atoms with van der Waals surface area (Å²) in [6.07, 6.45) is 0. The van der Waals surface area contributed by atoms with Gasteiger partial charge in [0.2, 0.25) is 0 Å². The topological polar surface area (TPSA) is 51.8 Å². The van der Waals surface area contributed by atoms with Gasteiger partial charge in [0.25, 0.3) is 0 Å². The van der Waals surface area contributed by atoms with Crippen molar-refractivity contribution in [3.63, 3.8) is 0 Å². The molecule has 100 valence electrons. The van der Waals surface area contributed by atoms with Gasteiger partial charge in [-0.05, 0) is 52.5 Å². The van der Waals surface area contributed by atoms with E-state index in [-0.39, 0.29) is 11.7 Å². The number of aromatic nitrogens is 2. The molecule has 0 unspecified atom stereocenters. The van der Waals surface area contributed by atoms with Gasteiger partial charge in [-0.15, -0.1) is 0 Å². The highest BCUT2D eigenvalue weighted by molar-refractivity contribution is 9.10.